The van der Waals surface area contributed by atoms with Gasteiger partial charge in [-0.3, -0.25) is 9.78 Å². The molecular weight excluding hydrogens is 489 g/mol. The summed E-state index contributed by atoms with van der Waals surface area (Å²) in [7, 11) is 0. The van der Waals surface area contributed by atoms with E-state index in [2.05, 4.69) is 22.1 Å². The Labute approximate surface area is 212 Å². The van der Waals surface area contributed by atoms with E-state index in [4.69, 9.17) is 16.3 Å². The predicted molar refractivity (Wildman–Crippen MR) is 131 cm³/mol. The summed E-state index contributed by atoms with van der Waals surface area (Å²) in [6.07, 6.45) is -1.72. The van der Waals surface area contributed by atoms with E-state index in [0.29, 0.717) is 22.2 Å². The number of hydrogen-bond donors (Lipinski definition) is 1. The molecule has 0 aliphatic heterocycles. The fourth-order valence-corrected chi connectivity index (χ4v) is 3.92. The number of ether oxygens (including phenoxy) is 1. The molecule has 36 heavy (non-hydrogen) atoms. The number of hydrogen-bond acceptors (Lipinski definition) is 3. The van der Waals surface area contributed by atoms with Crippen molar-refractivity contribution in [3.8, 4) is 11.8 Å². The van der Waals surface area contributed by atoms with Gasteiger partial charge in [-0.05, 0) is 43.5 Å². The second-order valence-corrected chi connectivity index (χ2v) is 9.06. The van der Waals surface area contributed by atoms with Crippen molar-refractivity contribution in [2.24, 2.45) is 5.92 Å². The first-order valence-corrected chi connectivity index (χ1v) is 11.9. The van der Waals surface area contributed by atoms with Gasteiger partial charge < -0.3 is 10.1 Å². The molecule has 4 nitrogen and oxygen atoms in total. The number of nitrogens with zero attached hydrogens (tertiary/aromatic N) is 1. The minimum absolute atomic E-state index is 0.187. The van der Waals surface area contributed by atoms with Crippen LogP contribution in [0.2, 0.25) is 5.02 Å². The van der Waals surface area contributed by atoms with E-state index in [1.165, 1.54) is 12.1 Å². The summed E-state index contributed by atoms with van der Waals surface area (Å²) in [4.78, 5) is 17.3. The number of alkyl halides is 3. The molecule has 1 aliphatic rings. The Morgan fingerprint density at radius 2 is 1.86 bits per heavy atom. The number of carbonyl (C=O) groups excluding carboxylic acids is 1. The third-order valence-corrected chi connectivity index (χ3v) is 6.00. The lowest BCUT2D eigenvalue weighted by Gasteiger charge is -2.26. The van der Waals surface area contributed by atoms with Crippen molar-refractivity contribution in [2.75, 3.05) is 0 Å². The van der Waals surface area contributed by atoms with Crippen LogP contribution in [0.15, 0.2) is 66.9 Å². The molecule has 0 bridgehead atoms. The van der Waals surface area contributed by atoms with Gasteiger partial charge in [0.2, 0.25) is 0 Å². The zero-order chi connectivity index (χ0) is 25.7. The van der Waals surface area contributed by atoms with Crippen molar-refractivity contribution >= 4 is 17.5 Å². The third kappa shape index (κ3) is 6.66. The van der Waals surface area contributed by atoms with E-state index < -0.39 is 35.4 Å². The van der Waals surface area contributed by atoms with Gasteiger partial charge in [-0.1, -0.05) is 65.9 Å². The molecule has 0 saturated heterocycles. The molecule has 1 aromatic heterocycles. The maximum Gasteiger partial charge on any atom is 0.417 e. The molecule has 3 aromatic rings. The van der Waals surface area contributed by atoms with Gasteiger partial charge >= 0.3 is 6.18 Å². The number of halogens is 4. The lowest BCUT2D eigenvalue weighted by Crippen LogP contribution is -2.39. The van der Waals surface area contributed by atoms with E-state index in [-0.39, 0.29) is 6.61 Å². The minimum Gasteiger partial charge on any atom is -0.365 e. The number of carbonyl (C=O) groups is 1. The van der Waals surface area contributed by atoms with Crippen LogP contribution in [0, 0.1) is 17.8 Å². The highest BCUT2D eigenvalue weighted by Crippen LogP contribution is 2.33. The number of aromatic nitrogens is 1. The summed E-state index contributed by atoms with van der Waals surface area (Å²) in [6.45, 7) is 1.83. The topological polar surface area (TPSA) is 51.2 Å². The molecule has 186 valence electrons. The van der Waals surface area contributed by atoms with E-state index in [0.717, 1.165) is 30.5 Å². The van der Waals surface area contributed by atoms with Crippen LogP contribution >= 0.6 is 11.6 Å². The minimum atomic E-state index is -4.66. The predicted octanol–water partition coefficient (Wildman–Crippen LogP) is 6.59. The molecule has 0 spiro atoms. The second kappa shape index (κ2) is 11.2. The van der Waals surface area contributed by atoms with Crippen molar-refractivity contribution in [3.63, 3.8) is 0 Å². The van der Waals surface area contributed by atoms with Gasteiger partial charge in [0.25, 0.3) is 5.91 Å². The number of amides is 1. The zero-order valence-corrected chi connectivity index (χ0v) is 20.2. The number of benzene rings is 2. The second-order valence-electron chi connectivity index (χ2n) is 8.66. The van der Waals surface area contributed by atoms with Gasteiger partial charge in [0, 0.05) is 17.7 Å². The number of pyridine rings is 1. The van der Waals surface area contributed by atoms with E-state index in [9.17, 15) is 18.0 Å². The largest absolute Gasteiger partial charge is 0.417 e. The maximum atomic E-state index is 13.4. The summed E-state index contributed by atoms with van der Waals surface area (Å²) in [5.74, 6) is 5.76. The summed E-state index contributed by atoms with van der Waals surface area (Å²) in [6, 6.07) is 15.0. The highest BCUT2D eigenvalue weighted by atomic mass is 35.5. The standard InChI is InChI=1S/C28H24ClF3N2O2/c1-18(34-27(35)22-9-5-6-10-23(22)28(30,31)32)26(36-17-20-7-3-2-4-8-20)25-24(29)15-21(16-33-25)14-13-19-11-12-19/h2-10,15-16,18-19,26H,11-12,17H2,1H3,(H,34,35). The molecule has 2 unspecified atom stereocenters. The SMILES string of the molecule is CC(NC(=O)c1ccccc1C(F)(F)F)C(OCc1ccccc1)c1ncc(C#CC2CC2)cc1Cl. The first-order chi connectivity index (χ1) is 17.2. The molecule has 1 saturated carbocycles. The van der Waals surface area contributed by atoms with E-state index in [1.54, 1.807) is 19.2 Å². The average Bonchev–Trinajstić information content (AvgIpc) is 3.68. The summed E-state index contributed by atoms with van der Waals surface area (Å²) in [5, 5.41) is 2.94. The quantitative estimate of drug-likeness (QED) is 0.363. The van der Waals surface area contributed by atoms with Crippen LogP contribution < -0.4 is 5.32 Å². The summed E-state index contributed by atoms with van der Waals surface area (Å²) >= 11 is 6.55. The van der Waals surface area contributed by atoms with Crippen LogP contribution in [-0.2, 0) is 17.5 Å². The highest BCUT2D eigenvalue weighted by molar-refractivity contribution is 6.31. The van der Waals surface area contributed by atoms with Crippen LogP contribution in [0.25, 0.3) is 0 Å². The van der Waals surface area contributed by atoms with Crippen LogP contribution in [0.1, 0.15) is 58.6 Å². The van der Waals surface area contributed by atoms with Crippen LogP contribution in [-0.4, -0.2) is 16.9 Å². The van der Waals surface area contributed by atoms with Crippen molar-refractivity contribution in [1.82, 2.24) is 10.3 Å². The van der Waals surface area contributed by atoms with Crippen molar-refractivity contribution in [2.45, 2.75) is 44.7 Å². The fraction of sp³-hybridized carbons (Fsp3) is 0.286. The van der Waals surface area contributed by atoms with E-state index >= 15 is 0 Å². The molecule has 4 rings (SSSR count). The molecule has 8 heteroatoms. The van der Waals surface area contributed by atoms with Gasteiger partial charge in [-0.15, -0.1) is 0 Å². The normalized spacial score (nSPS) is 14.9. The van der Waals surface area contributed by atoms with Gasteiger partial charge in [0.05, 0.1) is 34.5 Å². The molecule has 1 fully saturated rings. The maximum absolute atomic E-state index is 13.4. The average molecular weight is 513 g/mol. The monoisotopic (exact) mass is 512 g/mol. The molecule has 1 N–H and O–H groups in total. The van der Waals surface area contributed by atoms with Gasteiger partial charge in [-0.25, -0.2) is 0 Å². The van der Waals surface area contributed by atoms with Crippen LogP contribution in [0.4, 0.5) is 13.2 Å². The molecule has 1 aliphatic carbocycles. The third-order valence-electron chi connectivity index (χ3n) is 5.70. The Bertz CT molecular complexity index is 1280. The Kier molecular flexibility index (Phi) is 7.97. The Morgan fingerprint density at radius 1 is 1.17 bits per heavy atom. The first kappa shape index (κ1) is 25.7. The smallest absolute Gasteiger partial charge is 0.365 e. The molecule has 2 aromatic carbocycles. The number of rotatable bonds is 7. The Balaban J connectivity index is 1.59. The van der Waals surface area contributed by atoms with E-state index in [1.807, 2.05) is 30.3 Å². The molecular formula is C28H24ClF3N2O2. The van der Waals surface area contributed by atoms with Crippen LogP contribution in [0.3, 0.4) is 0 Å². The Hall–Kier alpha value is -3.34. The Morgan fingerprint density at radius 3 is 2.53 bits per heavy atom. The molecule has 1 heterocycles. The van der Waals surface area contributed by atoms with Crippen molar-refractivity contribution in [1.29, 1.82) is 0 Å². The molecule has 1 amide bonds. The zero-order valence-electron chi connectivity index (χ0n) is 19.5. The molecule has 2 atom stereocenters. The van der Waals surface area contributed by atoms with Gasteiger partial charge in [0.15, 0.2) is 0 Å². The van der Waals surface area contributed by atoms with Crippen LogP contribution in [0.5, 0.6) is 0 Å². The van der Waals surface area contributed by atoms with Gasteiger partial charge in [0.1, 0.15) is 6.10 Å². The van der Waals surface area contributed by atoms with Gasteiger partial charge in [-0.2, -0.15) is 13.2 Å². The molecule has 0 radical (unpaired) electrons. The number of nitrogens with one attached hydrogen (secondary N) is 1. The summed E-state index contributed by atoms with van der Waals surface area (Å²) < 4.78 is 46.4. The lowest BCUT2D eigenvalue weighted by atomic mass is 10.0. The first-order valence-electron chi connectivity index (χ1n) is 11.5. The lowest BCUT2D eigenvalue weighted by molar-refractivity contribution is -0.137. The summed E-state index contributed by atoms with van der Waals surface area (Å²) in [5.41, 5.74) is 0.427. The van der Waals surface area contributed by atoms with Crippen molar-refractivity contribution < 1.29 is 22.7 Å². The fourth-order valence-electron chi connectivity index (χ4n) is 3.65. The highest BCUT2D eigenvalue weighted by Gasteiger charge is 2.35. The van der Waals surface area contributed by atoms with Crippen molar-refractivity contribution in [3.05, 3.63) is 99.8 Å².